The molecular formula is C30H39ClN2O5. The Bertz CT molecular complexity index is 1130. The maximum absolute atomic E-state index is 13.8. The van der Waals surface area contributed by atoms with Crippen LogP contribution < -0.4 is 9.47 Å². The lowest BCUT2D eigenvalue weighted by atomic mass is 9.82. The third-order valence-corrected chi connectivity index (χ3v) is 7.89. The van der Waals surface area contributed by atoms with E-state index in [1.54, 1.807) is 14.0 Å². The van der Waals surface area contributed by atoms with Crippen molar-refractivity contribution < 1.29 is 24.2 Å². The summed E-state index contributed by atoms with van der Waals surface area (Å²) in [5.74, 6) is 1.42. The molecule has 4 rings (SSSR count). The van der Waals surface area contributed by atoms with Crippen LogP contribution in [0.1, 0.15) is 75.6 Å². The average molecular weight is 543 g/mol. The van der Waals surface area contributed by atoms with Crippen LogP contribution in [-0.2, 0) is 16.0 Å². The first-order valence-corrected chi connectivity index (χ1v) is 13.9. The summed E-state index contributed by atoms with van der Waals surface area (Å²) in [6.07, 6.45) is 4.11. The van der Waals surface area contributed by atoms with Crippen LogP contribution in [0, 0.1) is 0 Å². The van der Waals surface area contributed by atoms with Crippen LogP contribution in [-0.4, -0.2) is 65.2 Å². The number of halogens is 1. The Hall–Kier alpha value is -2.77. The number of rotatable bonds is 9. The van der Waals surface area contributed by atoms with E-state index in [4.69, 9.17) is 21.1 Å². The smallest absolute Gasteiger partial charge is 0.228 e. The standard InChI is InChI=1S/C30H39ClN2O5/c1-19(2)38-28-18-26-22(16-27(28)37-4)17-29(36)33(30(26)21-6-8-23(31)9-7-21)25-12-10-24(11-13-25)32(20(3)35)14-5-15-34/h6-9,16,18-19,24-25,30,34H,5,10-15,17H2,1-4H3. The zero-order chi connectivity index (χ0) is 27.4. The van der Waals surface area contributed by atoms with Gasteiger partial charge in [-0.15, -0.1) is 0 Å². The zero-order valence-corrected chi connectivity index (χ0v) is 23.5. The van der Waals surface area contributed by atoms with Gasteiger partial charge in [0.15, 0.2) is 11.5 Å². The summed E-state index contributed by atoms with van der Waals surface area (Å²) in [6, 6.07) is 11.6. The quantitative estimate of drug-likeness (QED) is 0.474. The maximum Gasteiger partial charge on any atom is 0.228 e. The van der Waals surface area contributed by atoms with Crippen LogP contribution in [0.4, 0.5) is 0 Å². The minimum Gasteiger partial charge on any atom is -0.493 e. The van der Waals surface area contributed by atoms with Crippen molar-refractivity contribution in [2.45, 2.75) is 83.5 Å². The van der Waals surface area contributed by atoms with Crippen LogP contribution in [0.25, 0.3) is 0 Å². The van der Waals surface area contributed by atoms with Gasteiger partial charge in [-0.25, -0.2) is 0 Å². The van der Waals surface area contributed by atoms with Gasteiger partial charge in [0.05, 0.1) is 25.7 Å². The molecule has 2 amide bonds. The number of nitrogens with zero attached hydrogens (tertiary/aromatic N) is 2. The molecule has 2 aromatic rings. The fourth-order valence-corrected chi connectivity index (χ4v) is 6.09. The normalized spacial score (nSPS) is 21.3. The second-order valence-electron chi connectivity index (χ2n) is 10.6. The fraction of sp³-hybridized carbons (Fsp3) is 0.533. The summed E-state index contributed by atoms with van der Waals surface area (Å²) in [4.78, 5) is 30.0. The topological polar surface area (TPSA) is 79.3 Å². The van der Waals surface area contributed by atoms with E-state index < -0.39 is 0 Å². The number of hydrogen-bond acceptors (Lipinski definition) is 5. The number of hydrogen-bond donors (Lipinski definition) is 1. The van der Waals surface area contributed by atoms with Gasteiger partial charge >= 0.3 is 0 Å². The highest BCUT2D eigenvalue weighted by Crippen LogP contribution is 2.44. The molecule has 1 aliphatic heterocycles. The zero-order valence-electron chi connectivity index (χ0n) is 22.8. The summed E-state index contributed by atoms with van der Waals surface area (Å²) in [6.45, 7) is 6.18. The second kappa shape index (κ2) is 12.4. The molecule has 0 radical (unpaired) electrons. The highest BCUT2D eigenvalue weighted by Gasteiger charge is 2.41. The van der Waals surface area contributed by atoms with Gasteiger partial charge in [-0.3, -0.25) is 9.59 Å². The van der Waals surface area contributed by atoms with Gasteiger partial charge in [-0.1, -0.05) is 23.7 Å². The van der Waals surface area contributed by atoms with Gasteiger partial charge in [-0.05, 0) is 86.9 Å². The Kier molecular flexibility index (Phi) is 9.21. The molecule has 1 aliphatic carbocycles. The van der Waals surface area contributed by atoms with Crippen molar-refractivity contribution in [3.8, 4) is 11.5 Å². The van der Waals surface area contributed by atoms with Gasteiger partial charge in [0.1, 0.15) is 0 Å². The van der Waals surface area contributed by atoms with E-state index in [0.29, 0.717) is 35.9 Å². The molecule has 0 bridgehead atoms. The van der Waals surface area contributed by atoms with E-state index in [-0.39, 0.29) is 42.7 Å². The van der Waals surface area contributed by atoms with Crippen LogP contribution in [0.3, 0.4) is 0 Å². The van der Waals surface area contributed by atoms with Gasteiger partial charge in [-0.2, -0.15) is 0 Å². The van der Waals surface area contributed by atoms with E-state index in [0.717, 1.165) is 42.4 Å². The Morgan fingerprint density at radius 2 is 1.82 bits per heavy atom. The SMILES string of the molecule is COc1cc2c(cc1OC(C)C)C(c1ccc(Cl)cc1)N(C1CCC(N(CCCO)C(C)=O)CC1)C(=O)C2. The minimum atomic E-state index is -0.274. The van der Waals surface area contributed by atoms with Gasteiger partial charge in [0.25, 0.3) is 0 Å². The average Bonchev–Trinajstić information content (AvgIpc) is 2.88. The number of amides is 2. The van der Waals surface area contributed by atoms with Crippen LogP contribution >= 0.6 is 11.6 Å². The van der Waals surface area contributed by atoms with Gasteiger partial charge in [0, 0.05) is 37.2 Å². The summed E-state index contributed by atoms with van der Waals surface area (Å²) in [5.41, 5.74) is 2.98. The molecule has 2 aliphatic rings. The molecule has 1 fully saturated rings. The summed E-state index contributed by atoms with van der Waals surface area (Å²) in [7, 11) is 1.62. The molecule has 38 heavy (non-hydrogen) atoms. The molecule has 1 unspecified atom stereocenters. The van der Waals surface area contributed by atoms with Gasteiger partial charge < -0.3 is 24.4 Å². The van der Waals surface area contributed by atoms with Gasteiger partial charge in [0.2, 0.25) is 11.8 Å². The highest BCUT2D eigenvalue weighted by molar-refractivity contribution is 6.30. The second-order valence-corrected chi connectivity index (χ2v) is 11.0. The van der Waals surface area contributed by atoms with Crippen molar-refractivity contribution in [2.75, 3.05) is 20.3 Å². The predicted octanol–water partition coefficient (Wildman–Crippen LogP) is 5.15. The summed E-state index contributed by atoms with van der Waals surface area (Å²) < 4.78 is 11.7. The number of fused-ring (bicyclic) bond motifs is 1. The minimum absolute atomic E-state index is 0.0254. The predicted molar refractivity (Wildman–Crippen MR) is 148 cm³/mol. The van der Waals surface area contributed by atoms with Crippen molar-refractivity contribution in [1.82, 2.24) is 9.80 Å². The number of methoxy groups -OCH3 is 1. The van der Waals surface area contributed by atoms with E-state index in [1.165, 1.54) is 0 Å². The van der Waals surface area contributed by atoms with Crippen molar-refractivity contribution in [1.29, 1.82) is 0 Å². The third-order valence-electron chi connectivity index (χ3n) is 7.64. The molecule has 1 N–H and O–H groups in total. The number of carbonyl (C=O) groups excluding carboxylic acids is 2. The molecule has 1 atom stereocenters. The number of aliphatic hydroxyl groups is 1. The lowest BCUT2D eigenvalue weighted by Crippen LogP contribution is -2.51. The van der Waals surface area contributed by atoms with Crippen molar-refractivity contribution in [2.24, 2.45) is 0 Å². The van der Waals surface area contributed by atoms with E-state index in [2.05, 4.69) is 4.90 Å². The third kappa shape index (κ3) is 6.10. The van der Waals surface area contributed by atoms with Crippen molar-refractivity contribution >= 4 is 23.4 Å². The molecule has 0 spiro atoms. The first kappa shape index (κ1) is 28.2. The van der Waals surface area contributed by atoms with E-state index in [9.17, 15) is 14.7 Å². The maximum atomic E-state index is 13.8. The van der Waals surface area contributed by atoms with Crippen LogP contribution in [0.5, 0.6) is 11.5 Å². The van der Waals surface area contributed by atoms with Crippen molar-refractivity contribution in [3.63, 3.8) is 0 Å². The largest absolute Gasteiger partial charge is 0.493 e. The number of aliphatic hydroxyl groups excluding tert-OH is 1. The first-order valence-electron chi connectivity index (χ1n) is 13.6. The summed E-state index contributed by atoms with van der Waals surface area (Å²) >= 11 is 6.23. The number of benzene rings is 2. The lowest BCUT2D eigenvalue weighted by Gasteiger charge is -2.46. The summed E-state index contributed by atoms with van der Waals surface area (Å²) in [5, 5.41) is 9.91. The monoisotopic (exact) mass is 542 g/mol. The Balaban J connectivity index is 1.68. The number of carbonyl (C=O) groups is 2. The van der Waals surface area contributed by atoms with Crippen LogP contribution in [0.2, 0.25) is 5.02 Å². The molecule has 7 nitrogen and oxygen atoms in total. The molecular weight excluding hydrogens is 504 g/mol. The Morgan fingerprint density at radius 3 is 2.39 bits per heavy atom. The molecule has 2 aromatic carbocycles. The highest BCUT2D eigenvalue weighted by atomic mass is 35.5. The van der Waals surface area contributed by atoms with Crippen LogP contribution in [0.15, 0.2) is 36.4 Å². The number of ether oxygens (including phenoxy) is 2. The Labute approximate surface area is 230 Å². The molecule has 0 saturated heterocycles. The molecule has 0 aromatic heterocycles. The van der Waals surface area contributed by atoms with E-state index >= 15 is 0 Å². The molecule has 8 heteroatoms. The molecule has 1 heterocycles. The first-order chi connectivity index (χ1) is 18.2. The lowest BCUT2D eigenvalue weighted by molar-refractivity contribution is -0.139. The van der Waals surface area contributed by atoms with E-state index in [1.807, 2.05) is 55.1 Å². The van der Waals surface area contributed by atoms with Crippen molar-refractivity contribution in [3.05, 3.63) is 58.1 Å². The Morgan fingerprint density at radius 1 is 1.13 bits per heavy atom. The molecule has 1 saturated carbocycles. The fourth-order valence-electron chi connectivity index (χ4n) is 5.96. The molecule has 206 valence electrons.